The Balaban J connectivity index is -0.000000202. The van der Waals surface area contributed by atoms with Crippen LogP contribution >= 0.6 is 0 Å². The summed E-state index contributed by atoms with van der Waals surface area (Å²) in [7, 11) is 0. The van der Waals surface area contributed by atoms with Crippen molar-refractivity contribution in [3.8, 4) is 0 Å². The Morgan fingerprint density at radius 2 is 0.810 bits per heavy atom. The SMILES string of the molecule is C.CC(C)(C)C(=O)OCC(F)F.CC(C)(C)C(=O)OCc1ccccc1.CC(C)(C)COC(=O)C(C)(C)C.CC(C)COC(=O)C(C)(C)C.CCOC(=O)C(C)(C)C. The van der Waals surface area contributed by atoms with E-state index in [1.54, 1.807) is 20.8 Å². The molecule has 10 nitrogen and oxygen atoms in total. The quantitative estimate of drug-likeness (QED) is 0.184. The van der Waals surface area contributed by atoms with Crippen LogP contribution in [0.4, 0.5) is 8.78 Å². The van der Waals surface area contributed by atoms with Gasteiger partial charge in [-0.25, -0.2) is 8.78 Å². The van der Waals surface area contributed by atoms with Gasteiger partial charge in [0.25, 0.3) is 6.43 Å². The molecule has 0 aliphatic carbocycles. The summed E-state index contributed by atoms with van der Waals surface area (Å²) in [6.45, 7) is 40.1. The van der Waals surface area contributed by atoms with E-state index in [9.17, 15) is 32.8 Å². The zero-order chi connectivity index (χ0) is 46.2. The van der Waals surface area contributed by atoms with Gasteiger partial charge in [-0.05, 0) is 128 Å². The van der Waals surface area contributed by atoms with Crippen LogP contribution in [0.1, 0.15) is 158 Å². The normalized spacial score (nSPS) is 11.5. The third kappa shape index (κ3) is 40.6. The molecule has 58 heavy (non-hydrogen) atoms. The van der Waals surface area contributed by atoms with Crippen LogP contribution in [0.25, 0.3) is 0 Å². The molecule has 0 N–H and O–H groups in total. The van der Waals surface area contributed by atoms with Crippen molar-refractivity contribution in [1.82, 2.24) is 0 Å². The van der Waals surface area contributed by atoms with Gasteiger partial charge < -0.3 is 23.7 Å². The van der Waals surface area contributed by atoms with E-state index in [4.69, 9.17) is 18.9 Å². The van der Waals surface area contributed by atoms with Gasteiger partial charge in [-0.15, -0.1) is 0 Å². The van der Waals surface area contributed by atoms with Gasteiger partial charge in [0.05, 0.1) is 46.9 Å². The molecule has 0 aliphatic heterocycles. The molecular weight excluding hydrogens is 750 g/mol. The Bertz CT molecular complexity index is 1250. The van der Waals surface area contributed by atoms with Crippen LogP contribution in [0, 0.1) is 38.4 Å². The fourth-order valence-corrected chi connectivity index (χ4v) is 2.60. The maximum Gasteiger partial charge on any atom is 0.311 e. The van der Waals surface area contributed by atoms with Crippen molar-refractivity contribution in [3.05, 3.63) is 35.9 Å². The largest absolute Gasteiger partial charge is 0.466 e. The predicted molar refractivity (Wildman–Crippen MR) is 230 cm³/mol. The van der Waals surface area contributed by atoms with Gasteiger partial charge in [0.15, 0.2) is 6.61 Å². The van der Waals surface area contributed by atoms with Crippen molar-refractivity contribution in [2.75, 3.05) is 26.4 Å². The zero-order valence-electron chi connectivity index (χ0n) is 39.4. The molecule has 0 aliphatic rings. The Kier molecular flexibility index (Phi) is 31.6. The summed E-state index contributed by atoms with van der Waals surface area (Å²) < 4.78 is 47.4. The highest BCUT2D eigenvalue weighted by Crippen LogP contribution is 2.20. The number of benzene rings is 1. The van der Waals surface area contributed by atoms with Gasteiger partial charge in [-0.2, -0.15) is 0 Å². The van der Waals surface area contributed by atoms with Gasteiger partial charge in [0, 0.05) is 0 Å². The summed E-state index contributed by atoms with van der Waals surface area (Å²) in [5.74, 6) is -0.728. The van der Waals surface area contributed by atoms with Crippen LogP contribution in [-0.4, -0.2) is 62.7 Å². The number of halogens is 2. The highest BCUT2D eigenvalue weighted by Gasteiger charge is 2.26. The van der Waals surface area contributed by atoms with E-state index in [2.05, 4.69) is 4.74 Å². The van der Waals surface area contributed by atoms with Crippen molar-refractivity contribution >= 4 is 29.8 Å². The molecule has 0 aromatic heterocycles. The average molecular weight is 835 g/mol. The molecule has 0 atom stereocenters. The minimum Gasteiger partial charge on any atom is -0.466 e. The zero-order valence-corrected chi connectivity index (χ0v) is 39.4. The van der Waals surface area contributed by atoms with Gasteiger partial charge in [0.2, 0.25) is 0 Å². The molecule has 0 spiro atoms. The van der Waals surface area contributed by atoms with Crippen molar-refractivity contribution in [2.45, 2.75) is 166 Å². The Labute approximate surface area is 352 Å². The number of rotatable bonds is 8. The summed E-state index contributed by atoms with van der Waals surface area (Å²) in [5, 5.41) is 0. The minimum atomic E-state index is -2.58. The van der Waals surface area contributed by atoms with E-state index in [0.29, 0.717) is 32.3 Å². The Morgan fingerprint density at radius 3 is 1.09 bits per heavy atom. The second-order valence-corrected chi connectivity index (χ2v) is 20.2. The lowest BCUT2D eigenvalue weighted by Gasteiger charge is -2.22. The monoisotopic (exact) mass is 835 g/mol. The van der Waals surface area contributed by atoms with Gasteiger partial charge in [-0.1, -0.05) is 72.4 Å². The maximum atomic E-state index is 11.5. The van der Waals surface area contributed by atoms with Crippen molar-refractivity contribution in [2.24, 2.45) is 38.4 Å². The molecule has 342 valence electrons. The highest BCUT2D eigenvalue weighted by molar-refractivity contribution is 5.76. The number of carbonyl (C=O) groups is 5. The van der Waals surface area contributed by atoms with Crippen molar-refractivity contribution in [3.63, 3.8) is 0 Å². The average Bonchev–Trinajstić information content (AvgIpc) is 3.03. The van der Waals surface area contributed by atoms with E-state index in [1.165, 1.54) is 0 Å². The fourth-order valence-electron chi connectivity index (χ4n) is 2.60. The first-order chi connectivity index (χ1) is 25.3. The lowest BCUT2D eigenvalue weighted by molar-refractivity contribution is -0.157. The molecule has 12 heteroatoms. The third-order valence-corrected chi connectivity index (χ3v) is 6.07. The van der Waals surface area contributed by atoms with Gasteiger partial charge in [0.1, 0.15) is 6.61 Å². The van der Waals surface area contributed by atoms with Crippen molar-refractivity contribution in [1.29, 1.82) is 0 Å². The van der Waals surface area contributed by atoms with E-state index in [-0.39, 0.29) is 53.0 Å². The smallest absolute Gasteiger partial charge is 0.311 e. The maximum absolute atomic E-state index is 11.5. The number of hydrogen-bond acceptors (Lipinski definition) is 10. The molecule has 0 bridgehead atoms. The van der Waals surface area contributed by atoms with E-state index in [0.717, 1.165) is 5.56 Å². The number of alkyl halides is 2. The summed E-state index contributed by atoms with van der Waals surface area (Å²) in [5.41, 5.74) is -1.15. The topological polar surface area (TPSA) is 132 Å². The van der Waals surface area contributed by atoms with Crippen molar-refractivity contribution < 1.29 is 56.4 Å². The number of ether oxygens (including phenoxy) is 5. The lowest BCUT2D eigenvalue weighted by atomic mass is 9.96. The van der Waals surface area contributed by atoms with Crippen LogP contribution in [0.15, 0.2) is 30.3 Å². The molecular formula is C46H84F2O10. The molecule has 0 amide bonds. The van der Waals surface area contributed by atoms with Gasteiger partial charge in [-0.3, -0.25) is 24.0 Å². The van der Waals surface area contributed by atoms with Gasteiger partial charge >= 0.3 is 29.8 Å². The number of esters is 5. The summed E-state index contributed by atoms with van der Waals surface area (Å²) in [4.78, 5) is 55.5. The second kappa shape index (κ2) is 28.8. The molecule has 1 aromatic rings. The van der Waals surface area contributed by atoms with Crippen LogP contribution < -0.4 is 0 Å². The molecule has 0 saturated heterocycles. The third-order valence-electron chi connectivity index (χ3n) is 6.07. The van der Waals surface area contributed by atoms with Crippen LogP contribution in [-0.2, 0) is 54.3 Å². The first-order valence-corrected chi connectivity index (χ1v) is 19.5. The predicted octanol–water partition coefficient (Wildman–Crippen LogP) is 11.7. The molecule has 1 aromatic carbocycles. The first kappa shape index (κ1) is 63.6. The van der Waals surface area contributed by atoms with Crippen LogP contribution in [0.5, 0.6) is 0 Å². The minimum absolute atomic E-state index is 0. The number of carbonyl (C=O) groups excluding carboxylic acids is 5. The summed E-state index contributed by atoms with van der Waals surface area (Å²) in [6, 6.07) is 9.68. The standard InChI is InChI=1S/C12H16O2.C10H20O2.C9H18O2.C7H12F2O2.C7H14O2.CH4/c1-12(2,3)11(13)14-9-10-7-5-4-6-8-10;1-9(2,3)7-12-8(11)10(4,5)6;1-7(2)6-11-8(10)9(3,4)5;1-7(2,3)6(10)11-4-5(8)9;1-5-9-6(8)7(2,3)4;/h4-8H,9H2,1-3H3;7H2,1-6H3;7H,6H2,1-5H3;5H,4H2,1-3H3;5H2,1-4H3;1H4. The number of hydrogen-bond donors (Lipinski definition) is 0. The second-order valence-electron chi connectivity index (χ2n) is 20.2. The molecule has 0 fully saturated rings. The Morgan fingerprint density at radius 1 is 0.500 bits per heavy atom. The Hall–Kier alpha value is -3.57. The van der Waals surface area contributed by atoms with Crippen LogP contribution in [0.3, 0.4) is 0 Å². The summed E-state index contributed by atoms with van der Waals surface area (Å²) >= 11 is 0. The van der Waals surface area contributed by atoms with E-state index in [1.807, 2.05) is 155 Å². The van der Waals surface area contributed by atoms with Crippen LogP contribution in [0.2, 0.25) is 0 Å². The first-order valence-electron chi connectivity index (χ1n) is 19.5. The summed E-state index contributed by atoms with van der Waals surface area (Å²) in [6.07, 6.45) is -2.58. The highest BCUT2D eigenvalue weighted by atomic mass is 19.3. The molecule has 0 unspecified atom stereocenters. The molecule has 0 heterocycles. The molecule has 1 rings (SSSR count). The van der Waals surface area contributed by atoms with E-state index >= 15 is 0 Å². The molecule has 0 saturated carbocycles. The van der Waals surface area contributed by atoms with E-state index < -0.39 is 29.8 Å². The lowest BCUT2D eigenvalue weighted by Crippen LogP contribution is -2.27. The molecule has 0 radical (unpaired) electrons. The fraction of sp³-hybridized carbons (Fsp3) is 0.761.